The molecule has 0 aromatic carbocycles. The average Bonchev–Trinajstić information content (AvgIpc) is 2.12. The molecule has 4 saturated carbocycles. The minimum absolute atomic E-state index is 0. The molecule has 3 unspecified atom stereocenters. The number of nitrogens with two attached hydrogens (primary N) is 2. The smallest absolute Gasteiger partial charge is 0.223 e. The van der Waals surface area contributed by atoms with Crippen LogP contribution in [0.25, 0.3) is 0 Å². The van der Waals surface area contributed by atoms with Crippen molar-refractivity contribution in [2.24, 2.45) is 34.6 Å². The highest BCUT2D eigenvalue weighted by atomic mass is 35.5. The van der Waals surface area contributed by atoms with Crippen LogP contribution in [0.4, 0.5) is 0 Å². The lowest BCUT2D eigenvalue weighted by Gasteiger charge is -2.58. The van der Waals surface area contributed by atoms with Crippen LogP contribution in [0.5, 0.6) is 0 Å². The quantitative estimate of drug-likeness (QED) is 0.707. The Morgan fingerprint density at radius 2 is 1.67 bits per heavy atom. The summed E-state index contributed by atoms with van der Waals surface area (Å²) < 4.78 is 0. The first kappa shape index (κ1) is 11.2. The first-order valence-electron chi connectivity index (χ1n) is 5.66. The van der Waals surface area contributed by atoms with Gasteiger partial charge in [-0.25, -0.2) is 0 Å². The van der Waals surface area contributed by atoms with Crippen LogP contribution in [-0.2, 0) is 4.79 Å². The predicted molar refractivity (Wildman–Crippen MR) is 60.4 cm³/mol. The first-order valence-corrected chi connectivity index (χ1v) is 5.66. The van der Waals surface area contributed by atoms with Crippen molar-refractivity contribution in [3.63, 3.8) is 0 Å². The molecular weight excluding hydrogens is 212 g/mol. The lowest BCUT2D eigenvalue weighted by molar-refractivity contribution is -0.144. The summed E-state index contributed by atoms with van der Waals surface area (Å²) >= 11 is 0. The Morgan fingerprint density at radius 1 is 1.13 bits per heavy atom. The van der Waals surface area contributed by atoms with E-state index in [0.717, 1.165) is 25.2 Å². The van der Waals surface area contributed by atoms with E-state index in [-0.39, 0.29) is 23.7 Å². The van der Waals surface area contributed by atoms with Gasteiger partial charge in [0, 0.05) is 11.5 Å². The summed E-state index contributed by atoms with van der Waals surface area (Å²) in [7, 11) is 0. The number of rotatable bonds is 1. The largest absolute Gasteiger partial charge is 0.369 e. The summed E-state index contributed by atoms with van der Waals surface area (Å²) in [5.41, 5.74) is 11.6. The molecule has 4 bridgehead atoms. The number of carbonyl (C=O) groups is 1. The van der Waals surface area contributed by atoms with Gasteiger partial charge in [-0.2, -0.15) is 0 Å². The summed E-state index contributed by atoms with van der Waals surface area (Å²) in [4.78, 5) is 11.5. The van der Waals surface area contributed by atoms with Gasteiger partial charge < -0.3 is 11.5 Å². The van der Waals surface area contributed by atoms with Gasteiger partial charge in [-0.05, 0) is 49.9 Å². The molecule has 4 heteroatoms. The Bertz CT molecular complexity index is 278. The van der Waals surface area contributed by atoms with Crippen LogP contribution < -0.4 is 11.5 Å². The highest BCUT2D eigenvalue weighted by Gasteiger charge is 2.56. The molecule has 0 aromatic rings. The molecule has 5 atom stereocenters. The molecule has 15 heavy (non-hydrogen) atoms. The number of halogens is 1. The Balaban J connectivity index is 0.000000853. The van der Waals surface area contributed by atoms with E-state index in [4.69, 9.17) is 11.5 Å². The first-order chi connectivity index (χ1) is 6.61. The SMILES string of the molecule is Cl.NC(=O)C12CC3C[C@H](C1)C(N)[C@@H](C3)C2. The average molecular weight is 231 g/mol. The van der Waals surface area contributed by atoms with Crippen molar-refractivity contribution < 1.29 is 4.79 Å². The van der Waals surface area contributed by atoms with Crippen LogP contribution in [-0.4, -0.2) is 11.9 Å². The third-order valence-corrected chi connectivity index (χ3v) is 4.87. The topological polar surface area (TPSA) is 69.1 Å². The maximum Gasteiger partial charge on any atom is 0.223 e. The number of primary amides is 1. The van der Waals surface area contributed by atoms with E-state index in [1.807, 2.05) is 0 Å². The van der Waals surface area contributed by atoms with Gasteiger partial charge in [-0.1, -0.05) is 0 Å². The molecule has 0 aliphatic heterocycles. The zero-order chi connectivity index (χ0) is 9.92. The molecule has 3 nitrogen and oxygen atoms in total. The van der Waals surface area contributed by atoms with E-state index in [1.54, 1.807) is 0 Å². The second-order valence-corrected chi connectivity index (χ2v) is 5.69. The fourth-order valence-electron chi connectivity index (χ4n) is 4.37. The van der Waals surface area contributed by atoms with Crippen molar-refractivity contribution in [2.75, 3.05) is 0 Å². The Hall–Kier alpha value is -0.280. The van der Waals surface area contributed by atoms with Gasteiger partial charge in [0.15, 0.2) is 0 Å². The Kier molecular flexibility index (Phi) is 2.51. The number of carbonyl (C=O) groups excluding carboxylic acids is 1. The molecular formula is C11H19ClN2O. The maximum atomic E-state index is 11.5. The summed E-state index contributed by atoms with van der Waals surface area (Å²) in [5, 5.41) is 0. The van der Waals surface area contributed by atoms with Crippen molar-refractivity contribution in [3.05, 3.63) is 0 Å². The third-order valence-electron chi connectivity index (χ3n) is 4.87. The van der Waals surface area contributed by atoms with Crippen molar-refractivity contribution in [1.82, 2.24) is 0 Å². The summed E-state index contributed by atoms with van der Waals surface area (Å²) in [6.45, 7) is 0. The lowest BCUT2D eigenvalue weighted by atomic mass is 9.48. The molecule has 1 amide bonds. The number of amides is 1. The third kappa shape index (κ3) is 1.40. The number of hydrogen-bond acceptors (Lipinski definition) is 2. The van der Waals surface area contributed by atoms with E-state index in [2.05, 4.69) is 0 Å². The molecule has 4 N–H and O–H groups in total. The molecule has 0 spiro atoms. The highest BCUT2D eigenvalue weighted by molar-refractivity contribution is 5.85. The van der Waals surface area contributed by atoms with Crippen molar-refractivity contribution in [2.45, 2.75) is 38.1 Å². The van der Waals surface area contributed by atoms with Crippen LogP contribution in [0.2, 0.25) is 0 Å². The van der Waals surface area contributed by atoms with Gasteiger partial charge in [-0.15, -0.1) is 12.4 Å². The lowest BCUT2D eigenvalue weighted by Crippen LogP contribution is -2.60. The van der Waals surface area contributed by atoms with Crippen molar-refractivity contribution in [3.8, 4) is 0 Å². The van der Waals surface area contributed by atoms with E-state index >= 15 is 0 Å². The van der Waals surface area contributed by atoms with Crippen LogP contribution in [0, 0.1) is 23.2 Å². The van der Waals surface area contributed by atoms with Gasteiger partial charge in [0.25, 0.3) is 0 Å². The summed E-state index contributed by atoms with van der Waals surface area (Å²) in [5.74, 6) is 1.83. The molecule has 0 aromatic heterocycles. The van der Waals surface area contributed by atoms with Crippen LogP contribution >= 0.6 is 12.4 Å². The van der Waals surface area contributed by atoms with E-state index in [9.17, 15) is 4.79 Å². The van der Waals surface area contributed by atoms with Crippen molar-refractivity contribution in [1.29, 1.82) is 0 Å². The molecule has 86 valence electrons. The molecule has 4 aliphatic carbocycles. The monoisotopic (exact) mass is 230 g/mol. The Labute approximate surface area is 96.4 Å². The van der Waals surface area contributed by atoms with Gasteiger partial charge in [0.1, 0.15) is 0 Å². The van der Waals surface area contributed by atoms with Gasteiger partial charge in [-0.3, -0.25) is 4.79 Å². The highest BCUT2D eigenvalue weighted by Crippen LogP contribution is 2.59. The second-order valence-electron chi connectivity index (χ2n) is 5.69. The summed E-state index contributed by atoms with van der Waals surface area (Å²) in [6.07, 6.45) is 5.47. The minimum Gasteiger partial charge on any atom is -0.369 e. The van der Waals surface area contributed by atoms with Crippen LogP contribution in [0.3, 0.4) is 0 Å². The molecule has 0 saturated heterocycles. The zero-order valence-corrected chi connectivity index (χ0v) is 9.63. The summed E-state index contributed by atoms with van der Waals surface area (Å²) in [6, 6.07) is 0.346. The van der Waals surface area contributed by atoms with Gasteiger partial charge in [0.2, 0.25) is 5.91 Å². The molecule has 4 fully saturated rings. The molecule has 0 heterocycles. The number of hydrogen-bond donors (Lipinski definition) is 2. The van der Waals surface area contributed by atoms with Gasteiger partial charge in [0.05, 0.1) is 0 Å². The predicted octanol–water partition coefficient (Wildman–Crippen LogP) is 1.05. The Morgan fingerprint density at radius 3 is 2.13 bits per heavy atom. The normalized spacial score (nSPS) is 51.3. The van der Waals surface area contributed by atoms with Crippen LogP contribution in [0.15, 0.2) is 0 Å². The molecule has 4 rings (SSSR count). The molecule has 0 radical (unpaired) electrons. The fraction of sp³-hybridized carbons (Fsp3) is 0.909. The fourth-order valence-corrected chi connectivity index (χ4v) is 4.37. The van der Waals surface area contributed by atoms with E-state index in [0.29, 0.717) is 17.9 Å². The zero-order valence-electron chi connectivity index (χ0n) is 8.82. The minimum atomic E-state index is -0.160. The van der Waals surface area contributed by atoms with Crippen molar-refractivity contribution >= 4 is 18.3 Å². The second kappa shape index (κ2) is 3.36. The van der Waals surface area contributed by atoms with Gasteiger partial charge >= 0.3 is 0 Å². The standard InChI is InChI=1S/C11H18N2O.ClH/c12-9-7-1-6-2-8(9)5-11(3-6,4-7)10(13)14;/h6-9H,1-5,12H2,(H2,13,14);1H/t6?,7-,8+,9?,11?;. The van der Waals surface area contributed by atoms with Crippen LogP contribution in [0.1, 0.15) is 32.1 Å². The molecule has 4 aliphatic rings. The maximum absolute atomic E-state index is 11.5. The van der Waals surface area contributed by atoms with E-state index < -0.39 is 0 Å². The van der Waals surface area contributed by atoms with E-state index in [1.165, 1.54) is 12.8 Å².